The first-order valence-electron chi connectivity index (χ1n) is 11.6. The van der Waals surface area contributed by atoms with Gasteiger partial charge in [-0.25, -0.2) is 4.79 Å². The van der Waals surface area contributed by atoms with E-state index in [4.69, 9.17) is 5.73 Å². The molecule has 0 radical (unpaired) electrons. The Morgan fingerprint density at radius 1 is 0.857 bits per heavy atom. The Morgan fingerprint density at radius 3 is 1.83 bits per heavy atom. The molecule has 5 unspecified atom stereocenters. The molecule has 0 spiro atoms. The molecule has 1 aromatic carbocycles. The average molecular weight is 495 g/mol. The average Bonchev–Trinajstić information content (AvgIpc) is 2.76. The summed E-state index contributed by atoms with van der Waals surface area (Å²) in [5, 5.41) is 36.0. The predicted octanol–water partition coefficient (Wildman–Crippen LogP) is -0.116. The lowest BCUT2D eigenvalue weighted by Gasteiger charge is -2.27. The van der Waals surface area contributed by atoms with Gasteiger partial charge in [-0.05, 0) is 42.9 Å². The Kier molecular flexibility index (Phi) is 11.6. The standard InChI is InChI=1S/C24H38N4O7/c1-12(2)10-17(22(32)28-20(14(5)29)24(34)35)26-21(31)18(27-23(33)19(25)13(3)4)11-15-6-8-16(30)9-7-15/h6-9,12-14,17-20,29-30H,10-11,25H2,1-5H3,(H,26,31)(H,27,33)(H,28,32)(H,34,35). The first-order valence-corrected chi connectivity index (χ1v) is 11.6. The second-order valence-electron chi connectivity index (χ2n) is 9.46. The van der Waals surface area contributed by atoms with E-state index in [9.17, 15) is 34.5 Å². The summed E-state index contributed by atoms with van der Waals surface area (Å²) in [5.41, 5.74) is 6.57. The Bertz CT molecular complexity index is 871. The number of benzene rings is 1. The van der Waals surface area contributed by atoms with E-state index in [1.165, 1.54) is 19.1 Å². The number of amides is 3. The molecule has 35 heavy (non-hydrogen) atoms. The van der Waals surface area contributed by atoms with Crippen molar-refractivity contribution in [2.24, 2.45) is 17.6 Å². The van der Waals surface area contributed by atoms with Gasteiger partial charge in [0.15, 0.2) is 6.04 Å². The number of nitrogens with two attached hydrogens (primary N) is 1. The van der Waals surface area contributed by atoms with Crippen LogP contribution in [0.4, 0.5) is 0 Å². The number of carboxylic acids is 1. The first-order chi connectivity index (χ1) is 16.2. The smallest absolute Gasteiger partial charge is 0.328 e. The molecule has 8 N–H and O–H groups in total. The maximum absolute atomic E-state index is 13.2. The van der Waals surface area contributed by atoms with Gasteiger partial charge in [0.05, 0.1) is 12.1 Å². The number of aliphatic hydroxyl groups excluding tert-OH is 1. The highest BCUT2D eigenvalue weighted by atomic mass is 16.4. The predicted molar refractivity (Wildman–Crippen MR) is 129 cm³/mol. The van der Waals surface area contributed by atoms with Crippen molar-refractivity contribution in [1.29, 1.82) is 0 Å². The van der Waals surface area contributed by atoms with Gasteiger partial charge in [0.1, 0.15) is 17.8 Å². The molecule has 0 saturated carbocycles. The number of aliphatic hydroxyl groups is 1. The van der Waals surface area contributed by atoms with E-state index >= 15 is 0 Å². The quantitative estimate of drug-likeness (QED) is 0.197. The molecule has 5 atom stereocenters. The number of carbonyl (C=O) groups is 4. The second-order valence-corrected chi connectivity index (χ2v) is 9.46. The van der Waals surface area contributed by atoms with Crippen LogP contribution in [-0.2, 0) is 25.6 Å². The second kappa shape index (κ2) is 13.6. The SMILES string of the molecule is CC(C)CC(NC(=O)C(Cc1ccc(O)cc1)NC(=O)C(N)C(C)C)C(=O)NC(C(=O)O)C(C)O. The maximum atomic E-state index is 13.2. The molecular formula is C24H38N4O7. The summed E-state index contributed by atoms with van der Waals surface area (Å²) in [6, 6.07) is 1.48. The van der Waals surface area contributed by atoms with Crippen LogP contribution < -0.4 is 21.7 Å². The summed E-state index contributed by atoms with van der Waals surface area (Å²) in [7, 11) is 0. The molecule has 0 aromatic heterocycles. The minimum absolute atomic E-state index is 0.0413. The van der Waals surface area contributed by atoms with Crippen molar-refractivity contribution in [3.8, 4) is 5.75 Å². The van der Waals surface area contributed by atoms with Crippen molar-refractivity contribution in [3.05, 3.63) is 29.8 Å². The fourth-order valence-electron chi connectivity index (χ4n) is 3.27. The van der Waals surface area contributed by atoms with Crippen molar-refractivity contribution in [3.63, 3.8) is 0 Å². The number of phenols is 1. The number of aliphatic carboxylic acids is 1. The zero-order valence-electron chi connectivity index (χ0n) is 20.8. The van der Waals surface area contributed by atoms with Gasteiger partial charge in [-0.2, -0.15) is 0 Å². The van der Waals surface area contributed by atoms with E-state index in [-0.39, 0.29) is 30.4 Å². The number of carboxylic acid groups (broad SMARTS) is 1. The molecule has 0 saturated heterocycles. The van der Waals surface area contributed by atoms with Gasteiger partial charge >= 0.3 is 5.97 Å². The molecular weight excluding hydrogens is 456 g/mol. The number of rotatable bonds is 13. The Morgan fingerprint density at radius 2 is 1.37 bits per heavy atom. The molecule has 196 valence electrons. The first kappa shape index (κ1) is 29.9. The van der Waals surface area contributed by atoms with Gasteiger partial charge in [0.2, 0.25) is 17.7 Å². The summed E-state index contributed by atoms with van der Waals surface area (Å²) < 4.78 is 0. The van der Waals surface area contributed by atoms with E-state index in [1.807, 2.05) is 13.8 Å². The number of hydrogen-bond donors (Lipinski definition) is 7. The van der Waals surface area contributed by atoms with Crippen LogP contribution >= 0.6 is 0 Å². The molecule has 0 aliphatic carbocycles. The van der Waals surface area contributed by atoms with Gasteiger partial charge < -0.3 is 37.0 Å². The number of phenolic OH excluding ortho intramolecular Hbond substituents is 1. The molecule has 0 heterocycles. The minimum Gasteiger partial charge on any atom is -0.508 e. The van der Waals surface area contributed by atoms with Crippen molar-refractivity contribution in [1.82, 2.24) is 16.0 Å². The summed E-state index contributed by atoms with van der Waals surface area (Å²) in [6.45, 7) is 8.42. The summed E-state index contributed by atoms with van der Waals surface area (Å²) in [4.78, 5) is 50.1. The molecule has 0 aliphatic heterocycles. The molecule has 0 aliphatic rings. The number of carbonyl (C=O) groups excluding carboxylic acids is 3. The Hall–Kier alpha value is -3.18. The van der Waals surface area contributed by atoms with Gasteiger partial charge in [-0.1, -0.05) is 39.8 Å². The van der Waals surface area contributed by atoms with E-state index in [2.05, 4.69) is 16.0 Å². The highest BCUT2D eigenvalue weighted by molar-refractivity contribution is 5.94. The minimum atomic E-state index is -1.55. The van der Waals surface area contributed by atoms with Crippen LogP contribution in [0.2, 0.25) is 0 Å². The Balaban J connectivity index is 3.15. The topological polar surface area (TPSA) is 191 Å². The van der Waals surface area contributed by atoms with Crippen LogP contribution in [0.15, 0.2) is 24.3 Å². The number of aromatic hydroxyl groups is 1. The van der Waals surface area contributed by atoms with E-state index in [1.54, 1.807) is 26.0 Å². The van der Waals surface area contributed by atoms with Crippen molar-refractivity contribution >= 4 is 23.7 Å². The van der Waals surface area contributed by atoms with Crippen molar-refractivity contribution in [2.45, 2.75) is 77.7 Å². The van der Waals surface area contributed by atoms with Crippen LogP contribution in [0.5, 0.6) is 5.75 Å². The third-order valence-corrected chi connectivity index (χ3v) is 5.42. The van der Waals surface area contributed by atoms with Gasteiger partial charge in [-0.3, -0.25) is 14.4 Å². The highest BCUT2D eigenvalue weighted by Gasteiger charge is 2.32. The summed E-state index contributed by atoms with van der Waals surface area (Å²) >= 11 is 0. The van der Waals surface area contributed by atoms with Crippen LogP contribution in [0.1, 0.15) is 46.6 Å². The van der Waals surface area contributed by atoms with Crippen LogP contribution in [0.3, 0.4) is 0 Å². The maximum Gasteiger partial charge on any atom is 0.328 e. The van der Waals surface area contributed by atoms with Gasteiger partial charge in [0, 0.05) is 6.42 Å². The molecule has 0 fully saturated rings. The number of nitrogens with one attached hydrogen (secondary N) is 3. The molecule has 11 nitrogen and oxygen atoms in total. The lowest BCUT2D eigenvalue weighted by Crippen LogP contribution is -2.59. The van der Waals surface area contributed by atoms with Gasteiger partial charge in [-0.15, -0.1) is 0 Å². The highest BCUT2D eigenvalue weighted by Crippen LogP contribution is 2.13. The third-order valence-electron chi connectivity index (χ3n) is 5.42. The molecule has 11 heteroatoms. The Labute approximate surface area is 205 Å². The zero-order chi connectivity index (χ0) is 26.9. The largest absolute Gasteiger partial charge is 0.508 e. The van der Waals surface area contributed by atoms with Crippen molar-refractivity contribution in [2.75, 3.05) is 0 Å². The summed E-state index contributed by atoms with van der Waals surface area (Å²) in [6.07, 6.45) is -1.11. The summed E-state index contributed by atoms with van der Waals surface area (Å²) in [5.74, 6) is -3.56. The monoisotopic (exact) mass is 494 g/mol. The van der Waals surface area contributed by atoms with E-state index in [0.29, 0.717) is 5.56 Å². The zero-order valence-corrected chi connectivity index (χ0v) is 20.8. The van der Waals surface area contributed by atoms with Crippen LogP contribution in [-0.4, -0.2) is 69.3 Å². The van der Waals surface area contributed by atoms with Crippen molar-refractivity contribution < 1.29 is 34.5 Å². The van der Waals surface area contributed by atoms with Crippen LogP contribution in [0.25, 0.3) is 0 Å². The van der Waals surface area contributed by atoms with E-state index in [0.717, 1.165) is 0 Å². The molecule has 1 rings (SSSR count). The molecule has 1 aromatic rings. The fourth-order valence-corrected chi connectivity index (χ4v) is 3.27. The molecule has 0 bridgehead atoms. The van der Waals surface area contributed by atoms with Gasteiger partial charge in [0.25, 0.3) is 0 Å². The molecule has 3 amide bonds. The normalized spacial score (nSPS) is 15.6. The number of hydrogen-bond acceptors (Lipinski definition) is 7. The third kappa shape index (κ3) is 9.91. The lowest BCUT2D eigenvalue weighted by atomic mass is 9.99. The van der Waals surface area contributed by atoms with Crippen LogP contribution in [0, 0.1) is 11.8 Å². The van der Waals surface area contributed by atoms with E-state index < -0.39 is 54.0 Å². The lowest BCUT2D eigenvalue weighted by molar-refractivity contribution is -0.145. The fraction of sp³-hybridized carbons (Fsp3) is 0.583.